The molecule has 0 N–H and O–H groups in total. The molecule has 0 saturated heterocycles. The minimum Gasteiger partial charge on any atom is -0.462 e. The number of methoxy groups -OCH3 is 1. The third kappa shape index (κ3) is 4.64. The number of rotatable bonds is 4. The lowest BCUT2D eigenvalue weighted by Gasteiger charge is -2.08. The largest absolute Gasteiger partial charge is 0.462 e. The van der Waals surface area contributed by atoms with Crippen molar-refractivity contribution >= 4 is 18.6 Å². The Balaban J connectivity index is 3.26. The highest BCUT2D eigenvalue weighted by Gasteiger charge is 2.02. The summed E-state index contributed by atoms with van der Waals surface area (Å²) in [5, 5.41) is 0. The first-order valence-corrected chi connectivity index (χ1v) is 3.63. The third-order valence-electron chi connectivity index (χ3n) is 1.01. The number of carbonyl (C=O) groups excluding carboxylic acids is 1. The molecule has 1 unspecified atom stereocenters. The van der Waals surface area contributed by atoms with Gasteiger partial charge in [-0.15, -0.1) is 0 Å². The van der Waals surface area contributed by atoms with Crippen molar-refractivity contribution in [1.82, 2.24) is 0 Å². The van der Waals surface area contributed by atoms with E-state index >= 15 is 0 Å². The number of hydrogen-bond donors (Lipinski definition) is 1. The van der Waals surface area contributed by atoms with E-state index in [9.17, 15) is 4.79 Å². The van der Waals surface area contributed by atoms with Crippen LogP contribution in [0.2, 0.25) is 0 Å². The smallest absolute Gasteiger partial charge is 0.315 e. The van der Waals surface area contributed by atoms with E-state index in [4.69, 9.17) is 9.47 Å². The quantitative estimate of drug-likeness (QED) is 0.485. The lowest BCUT2D eigenvalue weighted by atomic mass is 10.4. The Morgan fingerprint density at radius 3 is 2.70 bits per heavy atom. The SMILES string of the molecule is COC(C)COC(=O)CS. The molecule has 0 radical (unpaired) electrons. The maximum atomic E-state index is 10.5. The fraction of sp³-hybridized carbons (Fsp3) is 0.833. The van der Waals surface area contributed by atoms with Crippen LogP contribution >= 0.6 is 12.6 Å². The van der Waals surface area contributed by atoms with Crippen molar-refractivity contribution in [2.45, 2.75) is 13.0 Å². The van der Waals surface area contributed by atoms with E-state index in [1.54, 1.807) is 7.11 Å². The van der Waals surface area contributed by atoms with Gasteiger partial charge in [-0.05, 0) is 6.92 Å². The Bertz CT molecular complexity index is 105. The second-order valence-electron chi connectivity index (χ2n) is 1.89. The van der Waals surface area contributed by atoms with E-state index in [-0.39, 0.29) is 17.8 Å². The molecule has 60 valence electrons. The van der Waals surface area contributed by atoms with E-state index < -0.39 is 0 Å². The number of ether oxygens (including phenoxy) is 2. The van der Waals surface area contributed by atoms with Crippen LogP contribution in [0.3, 0.4) is 0 Å². The molecule has 0 rings (SSSR count). The van der Waals surface area contributed by atoms with Crippen LogP contribution in [-0.4, -0.2) is 31.5 Å². The second-order valence-corrected chi connectivity index (χ2v) is 2.20. The van der Waals surface area contributed by atoms with E-state index in [1.807, 2.05) is 6.92 Å². The van der Waals surface area contributed by atoms with Gasteiger partial charge in [0.05, 0.1) is 11.9 Å². The summed E-state index contributed by atoms with van der Waals surface area (Å²) in [6.45, 7) is 2.13. The van der Waals surface area contributed by atoms with Gasteiger partial charge in [0.25, 0.3) is 0 Å². The minimum atomic E-state index is -0.313. The average Bonchev–Trinajstić information content (AvgIpc) is 1.99. The van der Waals surface area contributed by atoms with E-state index in [0.717, 1.165) is 0 Å². The standard InChI is InChI=1S/C6H12O3S/c1-5(8-2)3-9-6(7)4-10/h5,10H,3-4H2,1-2H3. The second kappa shape index (κ2) is 5.56. The van der Waals surface area contributed by atoms with Gasteiger partial charge in [-0.2, -0.15) is 12.6 Å². The van der Waals surface area contributed by atoms with Gasteiger partial charge in [-0.1, -0.05) is 0 Å². The predicted molar refractivity (Wildman–Crippen MR) is 41.3 cm³/mol. The molecule has 10 heavy (non-hydrogen) atoms. The molecule has 4 heteroatoms. The van der Waals surface area contributed by atoms with Crippen LogP contribution in [0.15, 0.2) is 0 Å². The average molecular weight is 164 g/mol. The highest BCUT2D eigenvalue weighted by Crippen LogP contribution is 1.90. The van der Waals surface area contributed by atoms with Crippen LogP contribution in [0.25, 0.3) is 0 Å². The summed E-state index contributed by atoms with van der Waals surface area (Å²) in [5.74, 6) is -0.191. The Hall–Kier alpha value is -0.220. The molecule has 0 spiro atoms. The van der Waals surface area contributed by atoms with E-state index in [0.29, 0.717) is 6.61 Å². The maximum Gasteiger partial charge on any atom is 0.315 e. The topological polar surface area (TPSA) is 35.5 Å². The predicted octanol–water partition coefficient (Wildman–Crippen LogP) is 0.494. The zero-order valence-corrected chi connectivity index (χ0v) is 7.06. The van der Waals surface area contributed by atoms with Crippen LogP contribution in [-0.2, 0) is 14.3 Å². The molecule has 0 bridgehead atoms. The molecule has 0 aromatic rings. The lowest BCUT2D eigenvalue weighted by molar-refractivity contribution is -0.143. The molecule has 1 atom stereocenters. The molecule has 0 heterocycles. The number of hydrogen-bond acceptors (Lipinski definition) is 4. The van der Waals surface area contributed by atoms with Gasteiger partial charge in [0.15, 0.2) is 0 Å². The molecule has 0 amide bonds. The molecule has 0 aromatic carbocycles. The highest BCUT2D eigenvalue weighted by atomic mass is 32.1. The molecule has 0 saturated carbocycles. The summed E-state index contributed by atoms with van der Waals surface area (Å²) in [4.78, 5) is 10.5. The molecule has 0 aliphatic heterocycles. The summed E-state index contributed by atoms with van der Waals surface area (Å²) >= 11 is 3.73. The van der Waals surface area contributed by atoms with Crippen molar-refractivity contribution in [3.63, 3.8) is 0 Å². The lowest BCUT2D eigenvalue weighted by Crippen LogP contribution is -2.17. The van der Waals surface area contributed by atoms with E-state index in [2.05, 4.69) is 12.6 Å². The van der Waals surface area contributed by atoms with Gasteiger partial charge in [0.1, 0.15) is 6.61 Å². The van der Waals surface area contributed by atoms with E-state index in [1.165, 1.54) is 0 Å². The number of thiol groups is 1. The van der Waals surface area contributed by atoms with Crippen LogP contribution < -0.4 is 0 Å². The van der Waals surface area contributed by atoms with Gasteiger partial charge in [0.2, 0.25) is 0 Å². The summed E-state index contributed by atoms with van der Waals surface area (Å²) in [7, 11) is 1.57. The minimum absolute atomic E-state index is 0.0381. The van der Waals surface area contributed by atoms with Crippen molar-refractivity contribution in [2.75, 3.05) is 19.5 Å². The first-order valence-electron chi connectivity index (χ1n) is 3.00. The Morgan fingerprint density at radius 1 is 1.70 bits per heavy atom. The van der Waals surface area contributed by atoms with Crippen LogP contribution in [0.1, 0.15) is 6.92 Å². The van der Waals surface area contributed by atoms with Gasteiger partial charge in [0, 0.05) is 7.11 Å². The fourth-order valence-electron chi connectivity index (χ4n) is 0.324. The fourth-order valence-corrected chi connectivity index (χ4v) is 0.415. The first kappa shape index (κ1) is 9.78. The summed E-state index contributed by atoms with van der Waals surface area (Å²) in [6, 6.07) is 0. The molecule has 0 aliphatic rings. The summed E-state index contributed by atoms with van der Waals surface area (Å²) in [6.07, 6.45) is -0.0381. The molecule has 3 nitrogen and oxygen atoms in total. The van der Waals surface area contributed by atoms with Crippen molar-refractivity contribution < 1.29 is 14.3 Å². The van der Waals surface area contributed by atoms with Gasteiger partial charge in [-0.3, -0.25) is 4.79 Å². The number of carbonyl (C=O) groups is 1. The Labute approximate surface area is 66.1 Å². The summed E-state index contributed by atoms with van der Waals surface area (Å²) in [5.41, 5.74) is 0. The normalized spacial score (nSPS) is 12.7. The monoisotopic (exact) mass is 164 g/mol. The molecule has 0 fully saturated rings. The first-order chi connectivity index (χ1) is 4.70. The zero-order valence-electron chi connectivity index (χ0n) is 6.16. The molecular formula is C6H12O3S. The van der Waals surface area contributed by atoms with Crippen LogP contribution in [0.5, 0.6) is 0 Å². The molecular weight excluding hydrogens is 152 g/mol. The van der Waals surface area contributed by atoms with Crippen molar-refractivity contribution in [3.8, 4) is 0 Å². The molecule has 0 aromatic heterocycles. The Kier molecular flexibility index (Phi) is 5.43. The van der Waals surface area contributed by atoms with Crippen molar-refractivity contribution in [2.24, 2.45) is 0 Å². The van der Waals surface area contributed by atoms with Gasteiger partial charge in [-0.25, -0.2) is 0 Å². The maximum absolute atomic E-state index is 10.5. The van der Waals surface area contributed by atoms with Crippen molar-refractivity contribution in [1.29, 1.82) is 0 Å². The van der Waals surface area contributed by atoms with Crippen molar-refractivity contribution in [3.05, 3.63) is 0 Å². The molecule has 0 aliphatic carbocycles. The van der Waals surface area contributed by atoms with Crippen LogP contribution in [0.4, 0.5) is 0 Å². The third-order valence-corrected chi connectivity index (χ3v) is 1.27. The van der Waals surface area contributed by atoms with Crippen LogP contribution in [0, 0.1) is 0 Å². The number of esters is 1. The highest BCUT2D eigenvalue weighted by molar-refractivity contribution is 7.81. The van der Waals surface area contributed by atoms with Gasteiger partial charge >= 0.3 is 5.97 Å². The Morgan fingerprint density at radius 2 is 2.30 bits per heavy atom. The summed E-state index contributed by atoms with van der Waals surface area (Å²) < 4.78 is 9.55. The zero-order chi connectivity index (χ0) is 7.98. The van der Waals surface area contributed by atoms with Gasteiger partial charge < -0.3 is 9.47 Å².